The number of carbonyl (C=O) groups excluding carboxylic acids is 2. The lowest BCUT2D eigenvalue weighted by Gasteiger charge is -2.32. The van der Waals surface area contributed by atoms with Gasteiger partial charge in [0.2, 0.25) is 0 Å². The molecule has 2 heterocycles. The highest BCUT2D eigenvalue weighted by molar-refractivity contribution is 7.08. The molecule has 0 saturated carbocycles. The zero-order valence-electron chi connectivity index (χ0n) is 14.3. The number of rotatable bonds is 4. The minimum absolute atomic E-state index is 0.0576. The minimum atomic E-state index is -0.201. The van der Waals surface area contributed by atoms with Gasteiger partial charge < -0.3 is 20.3 Å². The number of likely N-dealkylation sites (tertiary alicyclic amines) is 1. The number of hydrogen-bond donors (Lipinski definition) is 2. The van der Waals surface area contributed by atoms with Crippen LogP contribution in [0.5, 0.6) is 5.75 Å². The summed E-state index contributed by atoms with van der Waals surface area (Å²) < 4.78 is 5.25. The van der Waals surface area contributed by atoms with Crippen LogP contribution in [-0.4, -0.2) is 43.1 Å². The smallest absolute Gasteiger partial charge is 0.321 e. The molecular formula is C18H20ClN3O3S. The monoisotopic (exact) mass is 393 g/mol. The molecule has 1 aromatic heterocycles. The van der Waals surface area contributed by atoms with E-state index < -0.39 is 0 Å². The Morgan fingerprint density at radius 3 is 2.69 bits per heavy atom. The van der Waals surface area contributed by atoms with Gasteiger partial charge in [-0.2, -0.15) is 11.3 Å². The highest BCUT2D eigenvalue weighted by atomic mass is 35.5. The molecule has 0 radical (unpaired) electrons. The number of para-hydroxylation sites is 1. The van der Waals surface area contributed by atoms with Gasteiger partial charge in [-0.25, -0.2) is 4.79 Å². The lowest BCUT2D eigenvalue weighted by atomic mass is 10.0. The Morgan fingerprint density at radius 2 is 2.04 bits per heavy atom. The fraction of sp³-hybridized carbons (Fsp3) is 0.333. The summed E-state index contributed by atoms with van der Waals surface area (Å²) in [4.78, 5) is 26.3. The van der Waals surface area contributed by atoms with Gasteiger partial charge in [-0.1, -0.05) is 17.7 Å². The van der Waals surface area contributed by atoms with E-state index in [4.69, 9.17) is 16.3 Å². The molecule has 0 spiro atoms. The Hall–Kier alpha value is -2.25. The van der Waals surface area contributed by atoms with Crippen molar-refractivity contribution in [1.82, 2.24) is 10.2 Å². The topological polar surface area (TPSA) is 70.7 Å². The molecular weight excluding hydrogens is 374 g/mol. The molecule has 1 saturated heterocycles. The van der Waals surface area contributed by atoms with Gasteiger partial charge in [-0.05, 0) is 36.4 Å². The molecule has 1 fully saturated rings. The first kappa shape index (κ1) is 18.5. The van der Waals surface area contributed by atoms with E-state index in [1.54, 1.807) is 29.2 Å². The standard InChI is InChI=1S/C18H20ClN3O3S/c1-25-16-14(19)3-2-4-15(16)21-18(24)22-8-5-13(6-9-22)20-17(23)12-7-10-26-11-12/h2-4,7,10-11,13H,5-6,8-9H2,1H3,(H,20,23)(H,21,24). The molecule has 1 aliphatic heterocycles. The Kier molecular flexibility index (Phi) is 6.00. The normalized spacial score (nSPS) is 14.8. The highest BCUT2D eigenvalue weighted by Gasteiger charge is 2.25. The van der Waals surface area contributed by atoms with Crippen LogP contribution in [0.3, 0.4) is 0 Å². The van der Waals surface area contributed by atoms with Crippen LogP contribution in [-0.2, 0) is 0 Å². The first-order valence-corrected chi connectivity index (χ1v) is 9.62. The molecule has 26 heavy (non-hydrogen) atoms. The molecule has 0 bridgehead atoms. The van der Waals surface area contributed by atoms with Crippen molar-refractivity contribution in [1.29, 1.82) is 0 Å². The van der Waals surface area contributed by atoms with Crippen LogP contribution in [0, 0.1) is 0 Å². The van der Waals surface area contributed by atoms with Crippen LogP contribution in [0.15, 0.2) is 35.0 Å². The number of piperidine rings is 1. The van der Waals surface area contributed by atoms with Crippen molar-refractivity contribution in [2.45, 2.75) is 18.9 Å². The number of methoxy groups -OCH3 is 1. The average molecular weight is 394 g/mol. The molecule has 0 aliphatic carbocycles. The van der Waals surface area contributed by atoms with Crippen LogP contribution in [0.4, 0.5) is 10.5 Å². The highest BCUT2D eigenvalue weighted by Crippen LogP contribution is 2.32. The maximum atomic E-state index is 12.5. The Morgan fingerprint density at radius 1 is 1.27 bits per heavy atom. The van der Waals surface area contributed by atoms with Crippen molar-refractivity contribution < 1.29 is 14.3 Å². The van der Waals surface area contributed by atoms with Gasteiger partial charge in [0.15, 0.2) is 5.75 Å². The van der Waals surface area contributed by atoms with Gasteiger partial charge in [0.25, 0.3) is 5.91 Å². The van der Waals surface area contributed by atoms with Gasteiger partial charge in [-0.15, -0.1) is 0 Å². The van der Waals surface area contributed by atoms with Crippen LogP contribution < -0.4 is 15.4 Å². The summed E-state index contributed by atoms with van der Waals surface area (Å²) in [6.45, 7) is 1.15. The lowest BCUT2D eigenvalue weighted by molar-refractivity contribution is 0.0919. The molecule has 3 amide bonds. The molecule has 1 aromatic carbocycles. The van der Waals surface area contributed by atoms with Crippen LogP contribution in [0.1, 0.15) is 23.2 Å². The number of amides is 3. The van der Waals surface area contributed by atoms with Gasteiger partial charge in [0.05, 0.1) is 17.8 Å². The average Bonchev–Trinajstić information content (AvgIpc) is 3.17. The first-order valence-electron chi connectivity index (χ1n) is 8.30. The largest absolute Gasteiger partial charge is 0.493 e. The SMILES string of the molecule is COc1c(Cl)cccc1NC(=O)N1CCC(NC(=O)c2ccsc2)CC1. The Bertz CT molecular complexity index is 774. The number of ether oxygens (including phenoxy) is 1. The number of halogens is 1. The number of hydrogen-bond acceptors (Lipinski definition) is 4. The summed E-state index contributed by atoms with van der Waals surface area (Å²) in [5.74, 6) is 0.387. The van der Waals surface area contributed by atoms with Crippen molar-refractivity contribution in [3.05, 3.63) is 45.6 Å². The third-order valence-electron chi connectivity index (χ3n) is 4.31. The quantitative estimate of drug-likeness (QED) is 0.829. The van der Waals surface area contributed by atoms with E-state index in [1.807, 2.05) is 10.8 Å². The molecule has 6 nitrogen and oxygen atoms in total. The first-order chi connectivity index (χ1) is 12.6. The van der Waals surface area contributed by atoms with Crippen molar-refractivity contribution in [2.75, 3.05) is 25.5 Å². The molecule has 2 aromatic rings. The third kappa shape index (κ3) is 4.28. The molecule has 2 N–H and O–H groups in total. The Labute approximate surface area is 161 Å². The van der Waals surface area contributed by atoms with Crippen LogP contribution in [0.25, 0.3) is 0 Å². The van der Waals surface area contributed by atoms with E-state index in [9.17, 15) is 9.59 Å². The number of benzene rings is 1. The minimum Gasteiger partial charge on any atom is -0.493 e. The fourth-order valence-electron chi connectivity index (χ4n) is 2.90. The van der Waals surface area contributed by atoms with Gasteiger partial charge in [0, 0.05) is 30.1 Å². The van der Waals surface area contributed by atoms with Gasteiger partial charge >= 0.3 is 6.03 Å². The fourth-order valence-corrected chi connectivity index (χ4v) is 3.79. The van der Waals surface area contributed by atoms with Crippen molar-refractivity contribution in [3.8, 4) is 5.75 Å². The van der Waals surface area contributed by atoms with Crippen LogP contribution >= 0.6 is 22.9 Å². The number of thiophene rings is 1. The summed E-state index contributed by atoms with van der Waals surface area (Å²) in [7, 11) is 1.51. The van der Waals surface area contributed by atoms with E-state index in [-0.39, 0.29) is 18.0 Å². The predicted molar refractivity (Wildman–Crippen MR) is 103 cm³/mol. The van der Waals surface area contributed by atoms with E-state index in [0.717, 1.165) is 12.8 Å². The second-order valence-electron chi connectivity index (χ2n) is 6.00. The van der Waals surface area contributed by atoms with E-state index in [1.165, 1.54) is 18.4 Å². The molecule has 138 valence electrons. The van der Waals surface area contributed by atoms with E-state index >= 15 is 0 Å². The Balaban J connectivity index is 1.52. The predicted octanol–water partition coefficient (Wildman–Crippen LogP) is 3.84. The van der Waals surface area contributed by atoms with Gasteiger partial charge in [0.1, 0.15) is 0 Å². The second-order valence-corrected chi connectivity index (χ2v) is 7.18. The number of anilines is 1. The number of nitrogens with zero attached hydrogens (tertiary/aromatic N) is 1. The van der Waals surface area contributed by atoms with E-state index in [2.05, 4.69) is 10.6 Å². The summed E-state index contributed by atoms with van der Waals surface area (Å²) in [5, 5.41) is 10.0. The molecule has 1 aliphatic rings. The van der Waals surface area contributed by atoms with Gasteiger partial charge in [-0.3, -0.25) is 4.79 Å². The molecule has 3 rings (SSSR count). The zero-order chi connectivity index (χ0) is 18.5. The number of carbonyl (C=O) groups is 2. The lowest BCUT2D eigenvalue weighted by Crippen LogP contribution is -2.47. The second kappa shape index (κ2) is 8.42. The summed E-state index contributed by atoms with van der Waals surface area (Å²) in [6, 6.07) is 6.89. The van der Waals surface area contributed by atoms with Crippen molar-refractivity contribution in [2.24, 2.45) is 0 Å². The van der Waals surface area contributed by atoms with Crippen LogP contribution in [0.2, 0.25) is 5.02 Å². The maximum absolute atomic E-state index is 12.5. The third-order valence-corrected chi connectivity index (χ3v) is 5.29. The number of nitrogens with one attached hydrogen (secondary N) is 2. The van der Waals surface area contributed by atoms with Crippen molar-refractivity contribution in [3.63, 3.8) is 0 Å². The zero-order valence-corrected chi connectivity index (χ0v) is 15.9. The summed E-state index contributed by atoms with van der Waals surface area (Å²) >= 11 is 7.58. The summed E-state index contributed by atoms with van der Waals surface area (Å²) in [5.41, 5.74) is 1.22. The van der Waals surface area contributed by atoms with E-state index in [0.29, 0.717) is 35.1 Å². The summed E-state index contributed by atoms with van der Waals surface area (Å²) in [6.07, 6.45) is 1.44. The molecule has 8 heteroatoms. The molecule has 0 atom stereocenters. The van der Waals surface area contributed by atoms with Crippen molar-refractivity contribution >= 4 is 40.6 Å². The maximum Gasteiger partial charge on any atom is 0.321 e. The number of urea groups is 1. The molecule has 0 unspecified atom stereocenters.